The Balaban J connectivity index is 2.14. The molecule has 0 amide bonds. The third kappa shape index (κ3) is 3.52. The van der Waals surface area contributed by atoms with E-state index in [1.807, 2.05) is 6.07 Å². The molecule has 0 unspecified atom stereocenters. The Morgan fingerprint density at radius 2 is 1.89 bits per heavy atom. The average molecular weight is 323 g/mol. The Labute approximate surface area is 117 Å². The Kier molecular flexibility index (Phi) is 4.13. The van der Waals surface area contributed by atoms with Crippen molar-refractivity contribution in [2.24, 2.45) is 0 Å². The lowest BCUT2D eigenvalue weighted by Crippen LogP contribution is -2.01. The van der Waals surface area contributed by atoms with E-state index in [1.165, 1.54) is 24.3 Å². The quantitative estimate of drug-likeness (QED) is 0.918. The van der Waals surface area contributed by atoms with Gasteiger partial charge in [-0.3, -0.25) is 0 Å². The van der Waals surface area contributed by atoms with Crippen molar-refractivity contribution in [2.75, 3.05) is 5.32 Å². The highest BCUT2D eigenvalue weighted by Gasteiger charge is 2.03. The Hall–Kier alpha value is -1.93. The van der Waals surface area contributed by atoms with Crippen molar-refractivity contribution < 1.29 is 8.78 Å². The van der Waals surface area contributed by atoms with E-state index in [9.17, 15) is 8.78 Å². The highest BCUT2D eigenvalue weighted by Crippen LogP contribution is 2.23. The van der Waals surface area contributed by atoms with Gasteiger partial charge >= 0.3 is 0 Å². The molecule has 0 aromatic heterocycles. The Morgan fingerprint density at radius 1 is 1.11 bits per heavy atom. The van der Waals surface area contributed by atoms with Gasteiger partial charge in [-0.1, -0.05) is 0 Å². The number of hydrogen-bond donors (Lipinski definition) is 1. The second-order valence-corrected chi connectivity index (χ2v) is 4.79. The molecule has 0 aliphatic carbocycles. The minimum Gasteiger partial charge on any atom is -0.380 e. The van der Waals surface area contributed by atoms with Crippen LogP contribution >= 0.6 is 15.9 Å². The van der Waals surface area contributed by atoms with Gasteiger partial charge in [-0.25, -0.2) is 8.78 Å². The highest BCUT2D eigenvalue weighted by atomic mass is 79.9. The second kappa shape index (κ2) is 5.81. The maximum absolute atomic E-state index is 13.2. The van der Waals surface area contributed by atoms with E-state index < -0.39 is 5.82 Å². The van der Waals surface area contributed by atoms with E-state index in [4.69, 9.17) is 5.26 Å². The molecule has 19 heavy (non-hydrogen) atoms. The summed E-state index contributed by atoms with van der Waals surface area (Å²) in [6, 6.07) is 10.3. The topological polar surface area (TPSA) is 35.8 Å². The van der Waals surface area contributed by atoms with Crippen LogP contribution in [0.2, 0.25) is 0 Å². The predicted octanol–water partition coefficient (Wildman–Crippen LogP) is 4.21. The third-order valence-electron chi connectivity index (χ3n) is 2.50. The summed E-state index contributed by atoms with van der Waals surface area (Å²) in [5.74, 6) is -0.788. The molecule has 0 saturated heterocycles. The molecule has 0 aliphatic rings. The van der Waals surface area contributed by atoms with Gasteiger partial charge in [-0.2, -0.15) is 5.26 Å². The summed E-state index contributed by atoms with van der Waals surface area (Å²) in [5, 5.41) is 11.8. The van der Waals surface area contributed by atoms with Crippen LogP contribution in [0.4, 0.5) is 14.5 Å². The minimum absolute atomic E-state index is 0.273. The first kappa shape index (κ1) is 13.5. The Morgan fingerprint density at radius 3 is 2.58 bits per heavy atom. The van der Waals surface area contributed by atoms with Crippen molar-refractivity contribution >= 4 is 21.6 Å². The maximum Gasteiger partial charge on any atom is 0.124 e. The minimum atomic E-state index is -0.450. The molecule has 2 rings (SSSR count). The molecular formula is C14H9BrF2N2. The molecule has 0 fully saturated rings. The van der Waals surface area contributed by atoms with Crippen molar-refractivity contribution in [2.45, 2.75) is 6.54 Å². The van der Waals surface area contributed by atoms with Crippen LogP contribution in [0.15, 0.2) is 40.9 Å². The molecule has 0 spiro atoms. The summed E-state index contributed by atoms with van der Waals surface area (Å²) in [7, 11) is 0. The number of anilines is 1. The fraction of sp³-hybridized carbons (Fsp3) is 0.0714. The van der Waals surface area contributed by atoms with Crippen molar-refractivity contribution in [3.8, 4) is 6.07 Å². The zero-order valence-electron chi connectivity index (χ0n) is 9.75. The molecule has 0 atom stereocenters. The van der Waals surface area contributed by atoms with E-state index in [0.29, 0.717) is 22.3 Å². The smallest absolute Gasteiger partial charge is 0.124 e. The molecule has 0 saturated carbocycles. The van der Waals surface area contributed by atoms with Gasteiger partial charge in [0.1, 0.15) is 11.6 Å². The van der Waals surface area contributed by atoms with E-state index in [0.717, 1.165) is 0 Å². The fourth-order valence-electron chi connectivity index (χ4n) is 1.65. The van der Waals surface area contributed by atoms with Gasteiger partial charge in [0.25, 0.3) is 0 Å². The van der Waals surface area contributed by atoms with Gasteiger partial charge in [0.15, 0.2) is 0 Å². The van der Waals surface area contributed by atoms with Gasteiger partial charge in [-0.05, 0) is 57.9 Å². The largest absolute Gasteiger partial charge is 0.380 e. The van der Waals surface area contributed by atoms with E-state index in [2.05, 4.69) is 21.2 Å². The number of nitrogens with zero attached hydrogens (tertiary/aromatic N) is 1. The number of rotatable bonds is 3. The van der Waals surface area contributed by atoms with Crippen molar-refractivity contribution in [3.05, 3.63) is 63.6 Å². The second-order valence-electron chi connectivity index (χ2n) is 3.94. The SMILES string of the molecule is N#Cc1cc(F)cc(CNc2ccc(F)cc2Br)c1. The van der Waals surface area contributed by atoms with Crippen LogP contribution in [-0.4, -0.2) is 0 Å². The zero-order valence-corrected chi connectivity index (χ0v) is 11.3. The summed E-state index contributed by atoms with van der Waals surface area (Å²) in [6.45, 7) is 0.344. The molecule has 0 aliphatic heterocycles. The predicted molar refractivity (Wildman–Crippen MR) is 72.5 cm³/mol. The Bertz CT molecular complexity index is 650. The first-order chi connectivity index (χ1) is 9.08. The van der Waals surface area contributed by atoms with E-state index in [1.54, 1.807) is 12.1 Å². The lowest BCUT2D eigenvalue weighted by atomic mass is 10.1. The van der Waals surface area contributed by atoms with Crippen LogP contribution in [0, 0.1) is 23.0 Å². The lowest BCUT2D eigenvalue weighted by Gasteiger charge is -2.09. The van der Waals surface area contributed by atoms with Crippen LogP contribution in [0.5, 0.6) is 0 Å². The van der Waals surface area contributed by atoms with Crippen molar-refractivity contribution in [1.29, 1.82) is 5.26 Å². The monoisotopic (exact) mass is 322 g/mol. The molecular weight excluding hydrogens is 314 g/mol. The summed E-state index contributed by atoms with van der Waals surface area (Å²) >= 11 is 3.23. The van der Waals surface area contributed by atoms with Gasteiger partial charge in [0, 0.05) is 16.7 Å². The molecule has 0 bridgehead atoms. The summed E-state index contributed by atoms with van der Waals surface area (Å²) in [4.78, 5) is 0. The van der Waals surface area contributed by atoms with Crippen LogP contribution < -0.4 is 5.32 Å². The average Bonchev–Trinajstić information content (AvgIpc) is 2.37. The first-order valence-electron chi connectivity index (χ1n) is 5.47. The standard InChI is InChI=1S/C14H9BrF2N2/c15-13-6-11(16)1-2-14(13)19-8-10-3-9(7-18)4-12(17)5-10/h1-6,19H,8H2. The van der Waals surface area contributed by atoms with Crippen molar-refractivity contribution in [1.82, 2.24) is 0 Å². The maximum atomic E-state index is 13.2. The number of nitrogens with one attached hydrogen (secondary N) is 1. The fourth-order valence-corrected chi connectivity index (χ4v) is 2.14. The van der Waals surface area contributed by atoms with Gasteiger partial charge < -0.3 is 5.32 Å². The normalized spacial score (nSPS) is 10.0. The van der Waals surface area contributed by atoms with Gasteiger partial charge in [0.2, 0.25) is 0 Å². The molecule has 5 heteroatoms. The van der Waals surface area contributed by atoms with Crippen LogP contribution in [-0.2, 0) is 6.54 Å². The van der Waals surface area contributed by atoms with E-state index >= 15 is 0 Å². The van der Waals surface area contributed by atoms with Crippen LogP contribution in [0.1, 0.15) is 11.1 Å². The number of hydrogen-bond acceptors (Lipinski definition) is 2. The number of halogens is 3. The van der Waals surface area contributed by atoms with E-state index in [-0.39, 0.29) is 11.4 Å². The third-order valence-corrected chi connectivity index (χ3v) is 3.16. The number of benzene rings is 2. The molecule has 2 nitrogen and oxygen atoms in total. The molecule has 2 aromatic rings. The molecule has 2 aromatic carbocycles. The first-order valence-corrected chi connectivity index (χ1v) is 6.26. The summed E-state index contributed by atoms with van der Waals surface area (Å²) < 4.78 is 26.7. The van der Waals surface area contributed by atoms with Gasteiger partial charge in [0.05, 0.1) is 11.6 Å². The van der Waals surface area contributed by atoms with Crippen molar-refractivity contribution in [3.63, 3.8) is 0 Å². The lowest BCUT2D eigenvalue weighted by molar-refractivity contribution is 0.625. The number of nitriles is 1. The summed E-state index contributed by atoms with van der Waals surface area (Å²) in [6.07, 6.45) is 0. The van der Waals surface area contributed by atoms with Gasteiger partial charge in [-0.15, -0.1) is 0 Å². The molecule has 0 heterocycles. The zero-order chi connectivity index (χ0) is 13.8. The summed E-state index contributed by atoms with van der Waals surface area (Å²) in [5.41, 5.74) is 1.62. The van der Waals surface area contributed by atoms with Crippen LogP contribution in [0.3, 0.4) is 0 Å². The molecule has 0 radical (unpaired) electrons. The highest BCUT2D eigenvalue weighted by molar-refractivity contribution is 9.10. The molecule has 96 valence electrons. The van der Waals surface area contributed by atoms with Crippen LogP contribution in [0.25, 0.3) is 0 Å². The molecule has 1 N–H and O–H groups in total.